The molecule has 7 rings (SSSR count). The molecule has 1 aliphatic carbocycles. The van der Waals surface area contributed by atoms with E-state index in [1.807, 2.05) is 42.5 Å². The van der Waals surface area contributed by atoms with Crippen molar-refractivity contribution in [2.45, 2.75) is 18.9 Å². The summed E-state index contributed by atoms with van der Waals surface area (Å²) in [5, 5.41) is 22.8. The number of thiazole rings is 1. The van der Waals surface area contributed by atoms with Gasteiger partial charge < -0.3 is 9.47 Å². The Kier molecular flexibility index (Phi) is 7.78. The number of rotatable bonds is 7. The Morgan fingerprint density at radius 3 is 2.47 bits per heavy atom. The minimum absolute atomic E-state index is 0.124. The Morgan fingerprint density at radius 1 is 0.957 bits per heavy atom. The third-order valence-electron chi connectivity index (χ3n) is 8.10. The van der Waals surface area contributed by atoms with E-state index >= 15 is 0 Å². The van der Waals surface area contributed by atoms with Crippen molar-refractivity contribution in [3.63, 3.8) is 0 Å². The van der Waals surface area contributed by atoms with Crippen molar-refractivity contribution in [2.24, 2.45) is 4.99 Å². The topological polar surface area (TPSA) is 139 Å². The summed E-state index contributed by atoms with van der Waals surface area (Å²) < 4.78 is 14.1. The standard InChI is InChI=1S/C34H23BrN4O7S/c1-45-28-16-19(15-25(35)32(28)46-27-14-12-22(38(41)42)18-26(27)39(43)44)17-29-33(40)37-31(21-8-3-2-4-9-21)24-13-11-20-7-5-6-10-23(20)30(24)36-34(37)47-29/h2-10,12,14-18,31H,11,13H2,1H3/b29-17+/t31-/m0/s1. The second kappa shape index (κ2) is 12.1. The van der Waals surface area contributed by atoms with Gasteiger partial charge in [0, 0.05) is 11.6 Å². The molecule has 13 heteroatoms. The molecule has 0 bridgehead atoms. The highest BCUT2D eigenvalue weighted by Crippen LogP contribution is 2.44. The van der Waals surface area contributed by atoms with Gasteiger partial charge in [0.1, 0.15) is 0 Å². The summed E-state index contributed by atoms with van der Waals surface area (Å²) in [6.07, 6.45) is 3.40. The Hall–Kier alpha value is -5.40. The van der Waals surface area contributed by atoms with Gasteiger partial charge in [-0.3, -0.25) is 29.6 Å². The smallest absolute Gasteiger partial charge is 0.318 e. The van der Waals surface area contributed by atoms with E-state index in [9.17, 15) is 25.0 Å². The zero-order valence-corrected chi connectivity index (χ0v) is 27.0. The number of nitro groups is 2. The zero-order chi connectivity index (χ0) is 32.8. The molecule has 2 heterocycles. The normalized spacial score (nSPS) is 15.3. The number of aryl methyl sites for hydroxylation is 1. The number of hydrogen-bond donors (Lipinski definition) is 0. The number of ether oxygens (including phenoxy) is 2. The molecular formula is C34H23BrN4O7S. The van der Waals surface area contributed by atoms with Gasteiger partial charge in [-0.15, -0.1) is 0 Å². The molecule has 234 valence electrons. The van der Waals surface area contributed by atoms with Crippen molar-refractivity contribution in [3.05, 3.63) is 157 Å². The van der Waals surface area contributed by atoms with E-state index in [4.69, 9.17) is 14.5 Å². The second-order valence-corrected chi connectivity index (χ2v) is 12.7. The highest BCUT2D eigenvalue weighted by molar-refractivity contribution is 9.10. The minimum Gasteiger partial charge on any atom is -0.493 e. The maximum absolute atomic E-state index is 14.1. The van der Waals surface area contributed by atoms with Crippen LogP contribution in [0, 0.1) is 20.2 Å². The number of allylic oxidation sites excluding steroid dienone is 1. The zero-order valence-electron chi connectivity index (χ0n) is 24.6. The van der Waals surface area contributed by atoms with Crippen LogP contribution in [0.2, 0.25) is 0 Å². The second-order valence-electron chi connectivity index (χ2n) is 10.8. The SMILES string of the molecule is COc1cc(/C=c2/sc3n(c2=O)[C@@H](c2ccccc2)C2=C(N=3)c3ccccc3CC2)cc(Br)c1Oc1ccc([N+](=O)[O-])cc1[N+](=O)[O-]. The molecule has 0 radical (unpaired) electrons. The number of non-ortho nitro benzene ring substituents is 1. The molecule has 0 saturated carbocycles. The lowest BCUT2D eigenvalue weighted by molar-refractivity contribution is -0.394. The summed E-state index contributed by atoms with van der Waals surface area (Å²) in [6, 6.07) is 24.4. The van der Waals surface area contributed by atoms with Crippen LogP contribution in [0.5, 0.6) is 17.2 Å². The van der Waals surface area contributed by atoms with Crippen molar-refractivity contribution >= 4 is 50.4 Å². The van der Waals surface area contributed by atoms with Gasteiger partial charge in [-0.25, -0.2) is 4.99 Å². The molecule has 47 heavy (non-hydrogen) atoms. The van der Waals surface area contributed by atoms with Crippen LogP contribution in [0.3, 0.4) is 0 Å². The molecule has 0 N–H and O–H groups in total. The third-order valence-corrected chi connectivity index (χ3v) is 9.67. The highest BCUT2D eigenvalue weighted by Gasteiger charge is 2.32. The van der Waals surface area contributed by atoms with Crippen molar-refractivity contribution in [2.75, 3.05) is 7.11 Å². The van der Waals surface area contributed by atoms with Crippen LogP contribution < -0.4 is 24.4 Å². The first-order valence-electron chi connectivity index (χ1n) is 14.4. The monoisotopic (exact) mass is 710 g/mol. The van der Waals surface area contributed by atoms with Gasteiger partial charge in [0.2, 0.25) is 5.75 Å². The molecule has 1 atom stereocenters. The van der Waals surface area contributed by atoms with Crippen LogP contribution in [0.1, 0.15) is 34.7 Å². The molecule has 0 amide bonds. The molecule has 5 aromatic rings. The largest absolute Gasteiger partial charge is 0.493 e. The van der Waals surface area contributed by atoms with Crippen LogP contribution in [-0.2, 0) is 6.42 Å². The number of nitro benzene ring substituents is 2. The molecule has 1 aliphatic heterocycles. The lowest BCUT2D eigenvalue weighted by Gasteiger charge is -2.30. The predicted molar refractivity (Wildman–Crippen MR) is 180 cm³/mol. The highest BCUT2D eigenvalue weighted by atomic mass is 79.9. The molecule has 0 saturated heterocycles. The van der Waals surface area contributed by atoms with E-state index < -0.39 is 21.2 Å². The maximum atomic E-state index is 14.1. The van der Waals surface area contributed by atoms with Crippen molar-refractivity contribution in [1.82, 2.24) is 4.57 Å². The number of nitrogens with zero attached hydrogens (tertiary/aromatic N) is 4. The molecule has 1 aromatic heterocycles. The van der Waals surface area contributed by atoms with Crippen molar-refractivity contribution in [3.8, 4) is 17.2 Å². The number of benzene rings is 4. The summed E-state index contributed by atoms with van der Waals surface area (Å²) in [5.41, 5.74) is 4.78. The minimum atomic E-state index is -0.754. The number of hydrogen-bond acceptors (Lipinski definition) is 9. The van der Waals surface area contributed by atoms with E-state index in [0.29, 0.717) is 19.4 Å². The summed E-state index contributed by atoms with van der Waals surface area (Å²) in [6.45, 7) is 0. The van der Waals surface area contributed by atoms with E-state index in [0.717, 1.165) is 53.4 Å². The average molecular weight is 712 g/mol. The van der Waals surface area contributed by atoms with Crippen LogP contribution >= 0.6 is 27.3 Å². The van der Waals surface area contributed by atoms with E-state index in [2.05, 4.69) is 28.1 Å². The van der Waals surface area contributed by atoms with Gasteiger partial charge >= 0.3 is 5.69 Å². The first kappa shape index (κ1) is 30.3. The van der Waals surface area contributed by atoms with E-state index in [1.54, 1.807) is 22.8 Å². The molecular weight excluding hydrogens is 688 g/mol. The molecule has 0 unspecified atom stereocenters. The third kappa shape index (κ3) is 5.42. The Bertz CT molecular complexity index is 2330. The number of fused-ring (bicyclic) bond motifs is 3. The van der Waals surface area contributed by atoms with E-state index in [1.165, 1.54) is 24.0 Å². The Balaban J connectivity index is 1.33. The van der Waals surface area contributed by atoms with Crippen LogP contribution in [0.25, 0.3) is 11.8 Å². The fourth-order valence-electron chi connectivity index (χ4n) is 5.99. The lowest BCUT2D eigenvalue weighted by atomic mass is 9.83. The Morgan fingerprint density at radius 2 is 1.72 bits per heavy atom. The van der Waals surface area contributed by atoms with Gasteiger partial charge in [-0.2, -0.15) is 0 Å². The van der Waals surface area contributed by atoms with Crippen molar-refractivity contribution in [1.29, 1.82) is 0 Å². The molecule has 0 spiro atoms. The molecule has 4 aromatic carbocycles. The average Bonchev–Trinajstić information content (AvgIpc) is 3.38. The lowest BCUT2D eigenvalue weighted by Crippen LogP contribution is -2.38. The quantitative estimate of drug-likeness (QED) is 0.135. The number of halogens is 1. The summed E-state index contributed by atoms with van der Waals surface area (Å²) in [5.74, 6) is 0.144. The fraction of sp³-hybridized carbons (Fsp3) is 0.118. The first-order chi connectivity index (χ1) is 22.7. The maximum Gasteiger partial charge on any atom is 0.318 e. The number of aromatic nitrogens is 1. The van der Waals surface area contributed by atoms with Gasteiger partial charge in [0.25, 0.3) is 11.2 Å². The van der Waals surface area contributed by atoms with Gasteiger partial charge in [-0.1, -0.05) is 65.9 Å². The summed E-state index contributed by atoms with van der Waals surface area (Å²) in [7, 11) is 1.42. The van der Waals surface area contributed by atoms with Crippen LogP contribution in [0.4, 0.5) is 11.4 Å². The Labute approximate surface area is 278 Å². The van der Waals surface area contributed by atoms with Gasteiger partial charge in [0.05, 0.1) is 43.8 Å². The van der Waals surface area contributed by atoms with Crippen LogP contribution in [0.15, 0.2) is 105 Å². The van der Waals surface area contributed by atoms with E-state index in [-0.39, 0.29) is 28.8 Å². The fourth-order valence-corrected chi connectivity index (χ4v) is 7.53. The summed E-state index contributed by atoms with van der Waals surface area (Å²) in [4.78, 5) is 41.1. The van der Waals surface area contributed by atoms with Gasteiger partial charge in [0.15, 0.2) is 16.3 Å². The molecule has 11 nitrogen and oxygen atoms in total. The first-order valence-corrected chi connectivity index (χ1v) is 16.0. The summed E-state index contributed by atoms with van der Waals surface area (Å²) >= 11 is 4.77. The molecule has 0 fully saturated rings. The van der Waals surface area contributed by atoms with Gasteiger partial charge in [-0.05, 0) is 75.3 Å². The van der Waals surface area contributed by atoms with Crippen LogP contribution in [-0.4, -0.2) is 21.5 Å². The number of methoxy groups -OCH3 is 1. The van der Waals surface area contributed by atoms with Crippen molar-refractivity contribution < 1.29 is 19.3 Å². The molecule has 2 aliphatic rings. The predicted octanol–water partition coefficient (Wildman–Crippen LogP) is 6.70.